The standard InChI is InChI=1S/C22H21ClN4O5S/c1-11(28)24-13-4-5-15-19(7-13)33-22(25-15)26-21(30)12-6-20(29)27(10-12)16-8-14(23)17(31-2)9-18(16)32-3/h4-5,7-9,12H,6,10H2,1-3H3,(H,24,28)(H,25,26,30). The second-order valence-electron chi connectivity index (χ2n) is 7.44. The van der Waals surface area contributed by atoms with Crippen molar-refractivity contribution in [3.05, 3.63) is 35.4 Å². The highest BCUT2D eigenvalue weighted by atomic mass is 35.5. The maximum atomic E-state index is 12.9. The Morgan fingerprint density at radius 3 is 2.61 bits per heavy atom. The molecule has 0 radical (unpaired) electrons. The van der Waals surface area contributed by atoms with Gasteiger partial charge in [0, 0.05) is 31.6 Å². The average molecular weight is 489 g/mol. The van der Waals surface area contributed by atoms with Crippen LogP contribution >= 0.6 is 22.9 Å². The number of methoxy groups -OCH3 is 2. The summed E-state index contributed by atoms with van der Waals surface area (Å²) in [5.41, 5.74) is 1.83. The first-order chi connectivity index (χ1) is 15.8. The Bertz CT molecular complexity index is 1260. The van der Waals surface area contributed by atoms with E-state index in [4.69, 9.17) is 21.1 Å². The molecule has 1 saturated heterocycles. The SMILES string of the molecule is COc1cc(OC)c(N2CC(C(=O)Nc3nc4ccc(NC(C)=O)cc4s3)CC2=O)cc1Cl. The van der Waals surface area contributed by atoms with E-state index in [0.29, 0.717) is 38.5 Å². The van der Waals surface area contributed by atoms with Crippen LogP contribution in [0.2, 0.25) is 5.02 Å². The van der Waals surface area contributed by atoms with Gasteiger partial charge < -0.3 is 25.0 Å². The molecule has 11 heteroatoms. The summed E-state index contributed by atoms with van der Waals surface area (Å²) in [6.07, 6.45) is 0.0518. The molecule has 1 aromatic heterocycles. The molecule has 3 amide bonds. The summed E-state index contributed by atoms with van der Waals surface area (Å²) < 4.78 is 11.4. The Morgan fingerprint density at radius 2 is 1.91 bits per heavy atom. The van der Waals surface area contributed by atoms with Crippen LogP contribution in [0.3, 0.4) is 0 Å². The van der Waals surface area contributed by atoms with Crippen molar-refractivity contribution in [1.82, 2.24) is 4.98 Å². The summed E-state index contributed by atoms with van der Waals surface area (Å²) in [5, 5.41) is 6.29. The number of nitrogens with one attached hydrogen (secondary N) is 2. The zero-order valence-corrected chi connectivity index (χ0v) is 19.7. The number of thiazole rings is 1. The van der Waals surface area contributed by atoms with Gasteiger partial charge in [0.1, 0.15) is 11.5 Å². The molecule has 4 rings (SSSR count). The minimum absolute atomic E-state index is 0.0518. The number of anilines is 3. The molecule has 0 spiro atoms. The molecule has 1 fully saturated rings. The first-order valence-electron chi connectivity index (χ1n) is 10.00. The Kier molecular flexibility index (Phi) is 6.39. The smallest absolute Gasteiger partial charge is 0.231 e. The van der Waals surface area contributed by atoms with Gasteiger partial charge in [-0.25, -0.2) is 4.98 Å². The van der Waals surface area contributed by atoms with Crippen molar-refractivity contribution in [3.63, 3.8) is 0 Å². The van der Waals surface area contributed by atoms with Crippen LogP contribution in [0.5, 0.6) is 11.5 Å². The molecule has 1 unspecified atom stereocenters. The lowest BCUT2D eigenvalue weighted by Crippen LogP contribution is -2.28. The highest BCUT2D eigenvalue weighted by Crippen LogP contribution is 2.40. The minimum atomic E-state index is -0.565. The summed E-state index contributed by atoms with van der Waals surface area (Å²) in [4.78, 5) is 42.8. The fourth-order valence-corrected chi connectivity index (χ4v) is 4.78. The van der Waals surface area contributed by atoms with Crippen molar-refractivity contribution in [2.75, 3.05) is 36.3 Å². The maximum Gasteiger partial charge on any atom is 0.231 e. The van der Waals surface area contributed by atoms with E-state index < -0.39 is 5.92 Å². The molecule has 9 nitrogen and oxygen atoms in total. The molecule has 0 bridgehead atoms. The van der Waals surface area contributed by atoms with Gasteiger partial charge in [0.25, 0.3) is 0 Å². The maximum absolute atomic E-state index is 12.9. The van der Waals surface area contributed by atoms with Gasteiger partial charge in [-0.3, -0.25) is 14.4 Å². The number of aromatic nitrogens is 1. The zero-order chi connectivity index (χ0) is 23.7. The molecular formula is C22H21ClN4O5S. The third kappa shape index (κ3) is 4.71. The number of fused-ring (bicyclic) bond motifs is 1. The second kappa shape index (κ2) is 9.24. The Balaban J connectivity index is 1.50. The lowest BCUT2D eigenvalue weighted by Gasteiger charge is -2.20. The van der Waals surface area contributed by atoms with Crippen molar-refractivity contribution in [2.45, 2.75) is 13.3 Å². The normalized spacial score (nSPS) is 15.6. The van der Waals surface area contributed by atoms with Gasteiger partial charge in [-0.1, -0.05) is 22.9 Å². The Labute approximate surface area is 198 Å². The lowest BCUT2D eigenvalue weighted by molar-refractivity contribution is -0.122. The number of carbonyl (C=O) groups excluding carboxylic acids is 3. The number of nitrogens with zero attached hydrogens (tertiary/aromatic N) is 2. The molecule has 3 aromatic rings. The van der Waals surface area contributed by atoms with Crippen LogP contribution in [0.15, 0.2) is 30.3 Å². The molecule has 33 heavy (non-hydrogen) atoms. The van der Waals surface area contributed by atoms with Crippen LogP contribution in [0.25, 0.3) is 10.2 Å². The highest BCUT2D eigenvalue weighted by Gasteiger charge is 2.37. The van der Waals surface area contributed by atoms with E-state index in [9.17, 15) is 14.4 Å². The van der Waals surface area contributed by atoms with Crippen LogP contribution in [0.4, 0.5) is 16.5 Å². The molecule has 172 valence electrons. The summed E-state index contributed by atoms with van der Waals surface area (Å²) in [5.74, 6) is -0.394. The van der Waals surface area contributed by atoms with E-state index in [1.54, 1.807) is 30.3 Å². The van der Waals surface area contributed by atoms with Crippen LogP contribution in [-0.2, 0) is 14.4 Å². The van der Waals surface area contributed by atoms with Crippen molar-refractivity contribution in [3.8, 4) is 11.5 Å². The number of benzene rings is 2. The van der Waals surface area contributed by atoms with E-state index >= 15 is 0 Å². The molecule has 1 atom stereocenters. The number of hydrogen-bond donors (Lipinski definition) is 2. The van der Waals surface area contributed by atoms with Crippen molar-refractivity contribution in [1.29, 1.82) is 0 Å². The summed E-state index contributed by atoms with van der Waals surface area (Å²) in [6.45, 7) is 1.62. The van der Waals surface area contributed by atoms with Crippen LogP contribution < -0.4 is 25.0 Å². The number of halogens is 1. The molecule has 2 N–H and O–H groups in total. The topological polar surface area (TPSA) is 110 Å². The van der Waals surface area contributed by atoms with Crippen molar-refractivity contribution < 1.29 is 23.9 Å². The molecule has 0 aliphatic carbocycles. The van der Waals surface area contributed by atoms with E-state index in [1.165, 1.54) is 37.4 Å². The van der Waals surface area contributed by atoms with Crippen LogP contribution in [-0.4, -0.2) is 43.5 Å². The number of amides is 3. The molecular weight excluding hydrogens is 468 g/mol. The largest absolute Gasteiger partial charge is 0.495 e. The van der Waals surface area contributed by atoms with E-state index in [-0.39, 0.29) is 30.7 Å². The van der Waals surface area contributed by atoms with Crippen LogP contribution in [0.1, 0.15) is 13.3 Å². The van der Waals surface area contributed by atoms with Gasteiger partial charge >= 0.3 is 0 Å². The lowest BCUT2D eigenvalue weighted by atomic mass is 10.1. The number of hydrogen-bond acceptors (Lipinski definition) is 7. The monoisotopic (exact) mass is 488 g/mol. The minimum Gasteiger partial charge on any atom is -0.495 e. The van der Waals surface area contributed by atoms with Crippen molar-refractivity contribution in [2.24, 2.45) is 5.92 Å². The first-order valence-corrected chi connectivity index (χ1v) is 11.2. The van der Waals surface area contributed by atoms with Gasteiger partial charge in [0.15, 0.2) is 5.13 Å². The Hall–Kier alpha value is -3.37. The van der Waals surface area contributed by atoms with Gasteiger partial charge in [-0.05, 0) is 24.3 Å². The fraction of sp³-hybridized carbons (Fsp3) is 0.273. The summed E-state index contributed by atoms with van der Waals surface area (Å²) in [6, 6.07) is 8.51. The highest BCUT2D eigenvalue weighted by molar-refractivity contribution is 7.22. The van der Waals surface area contributed by atoms with Gasteiger partial charge in [0.05, 0.1) is 41.1 Å². The molecule has 0 saturated carbocycles. The van der Waals surface area contributed by atoms with Gasteiger partial charge in [0.2, 0.25) is 17.7 Å². The third-order valence-electron chi connectivity index (χ3n) is 5.18. The summed E-state index contributed by atoms with van der Waals surface area (Å²) in [7, 11) is 2.98. The third-order valence-corrected chi connectivity index (χ3v) is 6.41. The average Bonchev–Trinajstić information content (AvgIpc) is 3.35. The predicted molar refractivity (Wildman–Crippen MR) is 128 cm³/mol. The quantitative estimate of drug-likeness (QED) is 0.544. The number of ether oxygens (including phenoxy) is 2. The second-order valence-corrected chi connectivity index (χ2v) is 8.87. The Morgan fingerprint density at radius 1 is 1.15 bits per heavy atom. The van der Waals surface area contributed by atoms with Gasteiger partial charge in [-0.2, -0.15) is 0 Å². The number of rotatable bonds is 6. The summed E-state index contributed by atoms with van der Waals surface area (Å²) >= 11 is 7.53. The van der Waals surface area contributed by atoms with E-state index in [1.807, 2.05) is 0 Å². The van der Waals surface area contributed by atoms with E-state index in [0.717, 1.165) is 4.70 Å². The zero-order valence-electron chi connectivity index (χ0n) is 18.1. The fourth-order valence-electron chi connectivity index (χ4n) is 3.64. The van der Waals surface area contributed by atoms with E-state index in [2.05, 4.69) is 15.6 Å². The first kappa shape index (κ1) is 22.8. The van der Waals surface area contributed by atoms with Gasteiger partial charge in [-0.15, -0.1) is 0 Å². The molecule has 2 aromatic carbocycles. The van der Waals surface area contributed by atoms with Crippen LogP contribution in [0, 0.1) is 5.92 Å². The molecule has 2 heterocycles. The molecule has 1 aliphatic heterocycles. The predicted octanol–water partition coefficient (Wildman–Crippen LogP) is 3.92. The number of carbonyl (C=O) groups is 3. The van der Waals surface area contributed by atoms with Crippen molar-refractivity contribution >= 4 is 67.4 Å². The molecule has 1 aliphatic rings.